The normalized spacial score (nSPS) is 10.3. The van der Waals surface area contributed by atoms with Gasteiger partial charge >= 0.3 is 5.97 Å². The molecule has 24 heavy (non-hydrogen) atoms. The molecule has 5 heteroatoms. The highest BCUT2D eigenvalue weighted by Crippen LogP contribution is 2.27. The molecule has 0 radical (unpaired) electrons. The molecule has 2 aromatic carbocycles. The molecule has 0 aromatic heterocycles. The van der Waals surface area contributed by atoms with Crippen LogP contribution < -0.4 is 9.47 Å². The van der Waals surface area contributed by atoms with E-state index in [0.29, 0.717) is 28.0 Å². The van der Waals surface area contributed by atoms with Gasteiger partial charge in [-0.15, -0.1) is 0 Å². The largest absolute Gasteiger partial charge is 0.492 e. The van der Waals surface area contributed by atoms with E-state index in [1.54, 1.807) is 42.5 Å². The number of carbonyl (C=O) groups excluding carboxylic acids is 2. The van der Waals surface area contributed by atoms with Gasteiger partial charge in [-0.2, -0.15) is 0 Å². The minimum Gasteiger partial charge on any atom is -0.492 e. The molecule has 0 aliphatic carbocycles. The van der Waals surface area contributed by atoms with Gasteiger partial charge in [-0.1, -0.05) is 25.5 Å². The molecular formula is C19H19BrO4. The Morgan fingerprint density at radius 2 is 1.83 bits per heavy atom. The summed E-state index contributed by atoms with van der Waals surface area (Å²) in [5.41, 5.74) is 0.757. The summed E-state index contributed by atoms with van der Waals surface area (Å²) < 4.78 is 11.7. The van der Waals surface area contributed by atoms with Crippen LogP contribution in [0.2, 0.25) is 0 Å². The molecule has 0 heterocycles. The van der Waals surface area contributed by atoms with E-state index in [2.05, 4.69) is 22.9 Å². The van der Waals surface area contributed by atoms with Crippen molar-refractivity contribution in [2.75, 3.05) is 6.61 Å². The number of benzene rings is 2. The van der Waals surface area contributed by atoms with Crippen LogP contribution in [0, 0.1) is 0 Å². The predicted molar refractivity (Wildman–Crippen MR) is 96.0 cm³/mol. The van der Waals surface area contributed by atoms with Gasteiger partial charge in [0.2, 0.25) is 0 Å². The Hall–Kier alpha value is -2.14. The molecule has 0 fully saturated rings. The monoisotopic (exact) mass is 390 g/mol. The second kappa shape index (κ2) is 8.64. The zero-order chi connectivity index (χ0) is 17.5. The SMILES string of the molecule is CCCCOc1ccc(C(=O)Oc2ccccc2C(C)=O)cc1Br. The number of hydrogen-bond donors (Lipinski definition) is 0. The third-order valence-electron chi connectivity index (χ3n) is 3.39. The van der Waals surface area contributed by atoms with Crippen LogP contribution in [0.15, 0.2) is 46.9 Å². The Labute approximate surface area is 149 Å². The van der Waals surface area contributed by atoms with Gasteiger partial charge < -0.3 is 9.47 Å². The van der Waals surface area contributed by atoms with Gasteiger partial charge in [0.15, 0.2) is 5.78 Å². The highest BCUT2D eigenvalue weighted by molar-refractivity contribution is 9.10. The van der Waals surface area contributed by atoms with E-state index in [1.165, 1.54) is 6.92 Å². The fraction of sp³-hybridized carbons (Fsp3) is 0.263. The molecule has 0 N–H and O–H groups in total. The lowest BCUT2D eigenvalue weighted by molar-refractivity contribution is 0.0732. The Morgan fingerprint density at radius 3 is 2.50 bits per heavy atom. The topological polar surface area (TPSA) is 52.6 Å². The van der Waals surface area contributed by atoms with Crippen LogP contribution in [0.1, 0.15) is 47.4 Å². The number of ketones is 1. The predicted octanol–water partition coefficient (Wildman–Crippen LogP) is 5.05. The van der Waals surface area contributed by atoms with E-state index in [0.717, 1.165) is 12.8 Å². The average molecular weight is 391 g/mol. The van der Waals surface area contributed by atoms with E-state index in [1.807, 2.05) is 0 Å². The molecule has 2 aromatic rings. The molecule has 0 atom stereocenters. The molecule has 0 saturated heterocycles. The van der Waals surface area contributed by atoms with Gasteiger partial charge in [-0.3, -0.25) is 4.79 Å². The summed E-state index contributed by atoms with van der Waals surface area (Å²) in [7, 11) is 0. The van der Waals surface area contributed by atoms with Crippen LogP contribution in [0.4, 0.5) is 0 Å². The molecule has 2 rings (SSSR count). The number of carbonyl (C=O) groups is 2. The Balaban J connectivity index is 2.13. The van der Waals surface area contributed by atoms with Crippen molar-refractivity contribution in [2.45, 2.75) is 26.7 Å². The first kappa shape index (κ1) is 18.2. The fourth-order valence-corrected chi connectivity index (χ4v) is 2.57. The lowest BCUT2D eigenvalue weighted by Gasteiger charge is -2.10. The first-order chi connectivity index (χ1) is 11.5. The van der Waals surface area contributed by atoms with Crippen molar-refractivity contribution in [1.29, 1.82) is 0 Å². The molecule has 126 valence electrons. The second-order valence-electron chi connectivity index (χ2n) is 5.29. The van der Waals surface area contributed by atoms with E-state index in [4.69, 9.17) is 9.47 Å². The zero-order valence-electron chi connectivity index (χ0n) is 13.7. The smallest absolute Gasteiger partial charge is 0.343 e. The average Bonchev–Trinajstić information content (AvgIpc) is 2.56. The zero-order valence-corrected chi connectivity index (χ0v) is 15.3. The molecule has 0 unspecified atom stereocenters. The maximum Gasteiger partial charge on any atom is 0.343 e. The van der Waals surface area contributed by atoms with Crippen molar-refractivity contribution >= 4 is 27.7 Å². The van der Waals surface area contributed by atoms with Crippen LogP contribution >= 0.6 is 15.9 Å². The highest BCUT2D eigenvalue weighted by Gasteiger charge is 2.15. The van der Waals surface area contributed by atoms with Crippen molar-refractivity contribution in [3.63, 3.8) is 0 Å². The summed E-state index contributed by atoms with van der Waals surface area (Å²) in [6, 6.07) is 11.7. The number of halogens is 1. The van der Waals surface area contributed by atoms with E-state index < -0.39 is 5.97 Å². The minimum absolute atomic E-state index is 0.153. The molecular weight excluding hydrogens is 372 g/mol. The van der Waals surface area contributed by atoms with Crippen molar-refractivity contribution in [3.05, 3.63) is 58.1 Å². The maximum absolute atomic E-state index is 12.3. The minimum atomic E-state index is -0.524. The quantitative estimate of drug-likeness (QED) is 0.287. The molecule has 0 spiro atoms. The lowest BCUT2D eigenvalue weighted by Crippen LogP contribution is -2.11. The number of ether oxygens (including phenoxy) is 2. The highest BCUT2D eigenvalue weighted by atomic mass is 79.9. The van der Waals surface area contributed by atoms with Crippen molar-refractivity contribution in [3.8, 4) is 11.5 Å². The first-order valence-corrected chi connectivity index (χ1v) is 8.56. The Morgan fingerprint density at radius 1 is 1.08 bits per heavy atom. The Bertz CT molecular complexity index is 740. The summed E-state index contributed by atoms with van der Waals surface area (Å²) in [6.07, 6.45) is 2.02. The number of para-hydroxylation sites is 1. The molecule has 0 amide bonds. The number of hydrogen-bond acceptors (Lipinski definition) is 4. The summed E-state index contributed by atoms with van der Waals surface area (Å²) in [4.78, 5) is 23.9. The van der Waals surface area contributed by atoms with Crippen LogP contribution in [0.3, 0.4) is 0 Å². The van der Waals surface area contributed by atoms with Crippen LogP contribution in [0.5, 0.6) is 11.5 Å². The molecule has 0 aliphatic heterocycles. The molecule has 0 saturated carbocycles. The summed E-state index contributed by atoms with van der Waals surface area (Å²) in [5.74, 6) is 0.266. The van der Waals surface area contributed by atoms with Crippen molar-refractivity contribution < 1.29 is 19.1 Å². The number of Topliss-reactive ketones (excluding diaryl/α,β-unsaturated/α-hetero) is 1. The van der Waals surface area contributed by atoms with Crippen LogP contribution in [0.25, 0.3) is 0 Å². The molecule has 0 aliphatic rings. The summed E-state index contributed by atoms with van der Waals surface area (Å²) in [5, 5.41) is 0. The van der Waals surface area contributed by atoms with Gasteiger partial charge in [-0.05, 0) is 59.6 Å². The molecule has 0 bridgehead atoms. The lowest BCUT2D eigenvalue weighted by atomic mass is 10.1. The van der Waals surface area contributed by atoms with Crippen molar-refractivity contribution in [2.24, 2.45) is 0 Å². The van der Waals surface area contributed by atoms with E-state index in [-0.39, 0.29) is 11.5 Å². The fourth-order valence-electron chi connectivity index (χ4n) is 2.08. The number of esters is 1. The maximum atomic E-state index is 12.3. The number of rotatable bonds is 7. The summed E-state index contributed by atoms with van der Waals surface area (Å²) in [6.45, 7) is 4.16. The first-order valence-electron chi connectivity index (χ1n) is 7.77. The number of unbranched alkanes of at least 4 members (excludes halogenated alkanes) is 1. The van der Waals surface area contributed by atoms with Crippen molar-refractivity contribution in [1.82, 2.24) is 0 Å². The van der Waals surface area contributed by atoms with Gasteiger partial charge in [0.1, 0.15) is 11.5 Å². The van der Waals surface area contributed by atoms with Crippen LogP contribution in [-0.2, 0) is 0 Å². The van der Waals surface area contributed by atoms with Gasteiger partial charge in [0.25, 0.3) is 0 Å². The third-order valence-corrected chi connectivity index (χ3v) is 4.01. The van der Waals surface area contributed by atoms with E-state index in [9.17, 15) is 9.59 Å². The van der Waals surface area contributed by atoms with Gasteiger partial charge in [-0.25, -0.2) is 4.79 Å². The second-order valence-corrected chi connectivity index (χ2v) is 6.14. The van der Waals surface area contributed by atoms with Gasteiger partial charge in [0.05, 0.1) is 22.2 Å². The van der Waals surface area contributed by atoms with Gasteiger partial charge in [0, 0.05) is 0 Å². The third kappa shape index (κ3) is 4.68. The van der Waals surface area contributed by atoms with E-state index >= 15 is 0 Å². The standard InChI is InChI=1S/C19H19BrO4/c1-3-4-11-23-18-10-9-14(12-16(18)20)19(22)24-17-8-6-5-7-15(17)13(2)21/h5-10,12H,3-4,11H2,1-2H3. The van der Waals surface area contributed by atoms with Crippen LogP contribution in [-0.4, -0.2) is 18.4 Å². The summed E-state index contributed by atoms with van der Waals surface area (Å²) >= 11 is 3.40. The molecule has 4 nitrogen and oxygen atoms in total. The Kier molecular flexibility index (Phi) is 6.55.